The third kappa shape index (κ3) is 10.0. The van der Waals surface area contributed by atoms with Gasteiger partial charge in [-0.05, 0) is 89.4 Å². The Labute approximate surface area is 301 Å². The molecular weight excluding hydrogens is 707 g/mol. The number of aryl methyl sites for hydroxylation is 2. The maximum atomic E-state index is 14.4. The number of hydrogen-bond donors (Lipinski definition) is 3. The van der Waals surface area contributed by atoms with E-state index in [1.165, 1.54) is 35.3 Å². The molecule has 1 aromatic heterocycles. The van der Waals surface area contributed by atoms with E-state index in [2.05, 4.69) is 15.8 Å². The molecule has 0 bridgehead atoms. The molecule has 0 fully saturated rings. The summed E-state index contributed by atoms with van der Waals surface area (Å²) in [6, 6.07) is 7.03. The Morgan fingerprint density at radius 1 is 1.10 bits per heavy atom. The highest BCUT2D eigenvalue weighted by molar-refractivity contribution is 7.89. The summed E-state index contributed by atoms with van der Waals surface area (Å²) in [4.78, 5) is 28.6. The summed E-state index contributed by atoms with van der Waals surface area (Å²) in [7, 11) is -2.56. The molecule has 4 rings (SSSR count). The van der Waals surface area contributed by atoms with E-state index >= 15 is 0 Å². The summed E-state index contributed by atoms with van der Waals surface area (Å²) in [5.74, 6) is -0.528. The smallest absolute Gasteiger partial charge is 0.416 e. The summed E-state index contributed by atoms with van der Waals surface area (Å²) in [6.07, 6.45) is -3.50. The summed E-state index contributed by atoms with van der Waals surface area (Å²) in [6.45, 7) is 8.41. The lowest BCUT2D eigenvalue weighted by molar-refractivity contribution is -0.137. The number of aliphatic hydroxyl groups is 1. The first-order valence-corrected chi connectivity index (χ1v) is 18.3. The van der Waals surface area contributed by atoms with Gasteiger partial charge in [-0.25, -0.2) is 13.2 Å². The lowest BCUT2D eigenvalue weighted by Crippen LogP contribution is -2.48. The van der Waals surface area contributed by atoms with E-state index in [4.69, 9.17) is 14.0 Å². The first-order chi connectivity index (χ1) is 24.4. The van der Waals surface area contributed by atoms with E-state index in [1.807, 2.05) is 13.8 Å². The molecule has 1 aliphatic rings. The number of halogens is 3. The molecule has 13 nitrogen and oxygen atoms in total. The number of benzene rings is 2. The van der Waals surface area contributed by atoms with Gasteiger partial charge >= 0.3 is 12.2 Å². The average Bonchev–Trinajstić information content (AvgIpc) is 3.43. The average molecular weight is 754 g/mol. The SMILES string of the molecule is Cc1noc(C)c1S(=O)(=O)N(C)C[C@H]1OCCCC[C@H](C)Oc2ccc(NC(=O)Nc3ccc(C(F)(F)F)cc3)cc2C(=O)N([C@H](C)CO)C[C@@H]1C. The van der Waals surface area contributed by atoms with Crippen LogP contribution in [0.3, 0.4) is 0 Å². The van der Waals surface area contributed by atoms with Gasteiger partial charge in [0.15, 0.2) is 5.76 Å². The van der Waals surface area contributed by atoms with E-state index in [0.717, 1.165) is 30.7 Å². The van der Waals surface area contributed by atoms with Crippen molar-refractivity contribution in [3.05, 3.63) is 65.0 Å². The number of nitrogens with one attached hydrogen (secondary N) is 2. The first kappa shape index (κ1) is 40.6. The number of aliphatic hydroxyl groups excluding tert-OH is 1. The number of likely N-dealkylation sites (N-methyl/N-ethyl adjacent to an activating group) is 1. The molecule has 1 aliphatic heterocycles. The van der Waals surface area contributed by atoms with Crippen LogP contribution in [0.25, 0.3) is 0 Å². The molecule has 4 atom stereocenters. The molecule has 0 spiro atoms. The Hall–Kier alpha value is -4.19. The second-order valence-corrected chi connectivity index (χ2v) is 15.1. The van der Waals surface area contributed by atoms with Gasteiger partial charge in [0, 0.05) is 44.0 Å². The van der Waals surface area contributed by atoms with Crippen molar-refractivity contribution in [2.45, 2.75) is 83.2 Å². The fourth-order valence-electron chi connectivity index (χ4n) is 5.85. The van der Waals surface area contributed by atoms with Gasteiger partial charge in [-0.15, -0.1) is 0 Å². The molecule has 3 N–H and O–H groups in total. The molecule has 3 aromatic rings. The van der Waals surface area contributed by atoms with Crippen molar-refractivity contribution in [3.8, 4) is 5.75 Å². The number of ether oxygens (including phenoxy) is 2. The molecule has 0 unspecified atom stereocenters. The zero-order chi connectivity index (χ0) is 38.4. The van der Waals surface area contributed by atoms with Crippen molar-refractivity contribution in [3.63, 3.8) is 0 Å². The normalized spacial score (nSPS) is 20.1. The minimum atomic E-state index is -4.52. The minimum Gasteiger partial charge on any atom is -0.490 e. The Balaban J connectivity index is 1.61. The number of aromatic nitrogens is 1. The van der Waals surface area contributed by atoms with Gasteiger partial charge in [-0.3, -0.25) is 4.79 Å². The van der Waals surface area contributed by atoms with E-state index in [1.54, 1.807) is 19.9 Å². The molecule has 3 amide bonds. The van der Waals surface area contributed by atoms with E-state index in [9.17, 15) is 36.3 Å². The quantitative estimate of drug-likeness (QED) is 0.248. The summed E-state index contributed by atoms with van der Waals surface area (Å²) in [5, 5.41) is 19.1. The van der Waals surface area contributed by atoms with Crippen LogP contribution in [0, 0.1) is 19.8 Å². The number of carbonyl (C=O) groups is 2. The van der Waals surface area contributed by atoms with Crippen LogP contribution in [0.5, 0.6) is 5.75 Å². The number of fused-ring (bicyclic) bond motifs is 1. The summed E-state index contributed by atoms with van der Waals surface area (Å²) >= 11 is 0. The highest BCUT2D eigenvalue weighted by Gasteiger charge is 2.35. The number of alkyl halides is 3. The van der Waals surface area contributed by atoms with Crippen molar-refractivity contribution in [1.29, 1.82) is 0 Å². The fraction of sp³-hybridized carbons (Fsp3) is 0.514. The van der Waals surface area contributed by atoms with Gasteiger partial charge in [-0.1, -0.05) is 12.1 Å². The summed E-state index contributed by atoms with van der Waals surface area (Å²) in [5.41, 5.74) is -0.208. The molecule has 17 heteroatoms. The Bertz CT molecular complexity index is 1780. The molecule has 286 valence electrons. The molecule has 0 radical (unpaired) electrons. The third-order valence-corrected chi connectivity index (χ3v) is 10.9. The van der Waals surface area contributed by atoms with Crippen molar-refractivity contribution < 1.29 is 50.3 Å². The van der Waals surface area contributed by atoms with Gasteiger partial charge in [0.25, 0.3) is 5.91 Å². The second kappa shape index (κ2) is 17.1. The van der Waals surface area contributed by atoms with Crippen molar-refractivity contribution >= 4 is 33.3 Å². The van der Waals surface area contributed by atoms with Crippen LogP contribution < -0.4 is 15.4 Å². The molecule has 0 saturated carbocycles. The lowest BCUT2D eigenvalue weighted by Gasteiger charge is -2.35. The minimum absolute atomic E-state index is 0.0164. The summed E-state index contributed by atoms with van der Waals surface area (Å²) < 4.78 is 84.8. The lowest BCUT2D eigenvalue weighted by atomic mass is 10.0. The molecule has 2 aromatic carbocycles. The molecule has 52 heavy (non-hydrogen) atoms. The van der Waals surface area contributed by atoms with Crippen LogP contribution in [0.4, 0.5) is 29.3 Å². The van der Waals surface area contributed by atoms with Gasteiger partial charge < -0.3 is 34.6 Å². The number of carbonyl (C=O) groups excluding carboxylic acids is 2. The Morgan fingerprint density at radius 2 is 1.75 bits per heavy atom. The standard InChI is InChI=1S/C35H46F3N5O8S/c1-21-18-43(22(2)20-44)33(45)29-17-28(40-34(46)39-27-12-10-26(11-13-27)35(36,37)38)14-15-30(29)50-23(3)9-7-8-16-49-31(21)19-42(6)52(47,48)32-24(4)41-51-25(32)5/h10-15,17,21-23,31,44H,7-9,16,18-20H2,1-6H3,(H2,39,40,46)/t21-,22+,23-,31+/m0/s1. The largest absolute Gasteiger partial charge is 0.490 e. The molecule has 2 heterocycles. The van der Waals surface area contributed by atoms with Gasteiger partial charge in [0.1, 0.15) is 16.3 Å². The second-order valence-electron chi connectivity index (χ2n) is 13.1. The molecular formula is C35H46F3N5O8S. The van der Waals surface area contributed by atoms with Crippen LogP contribution in [0.2, 0.25) is 0 Å². The predicted molar refractivity (Wildman–Crippen MR) is 187 cm³/mol. The van der Waals surface area contributed by atoms with Crippen LogP contribution in [0.15, 0.2) is 51.9 Å². The maximum Gasteiger partial charge on any atom is 0.416 e. The highest BCUT2D eigenvalue weighted by Crippen LogP contribution is 2.31. The van der Waals surface area contributed by atoms with E-state index < -0.39 is 51.8 Å². The van der Waals surface area contributed by atoms with E-state index in [0.29, 0.717) is 19.4 Å². The number of hydrogen-bond acceptors (Lipinski definition) is 9. The monoisotopic (exact) mass is 753 g/mol. The van der Waals surface area contributed by atoms with Crippen molar-refractivity contribution in [2.24, 2.45) is 5.92 Å². The zero-order valence-electron chi connectivity index (χ0n) is 30.0. The van der Waals surface area contributed by atoms with Crippen LogP contribution in [0.1, 0.15) is 67.4 Å². The predicted octanol–water partition coefficient (Wildman–Crippen LogP) is 6.07. The van der Waals surface area contributed by atoms with E-state index in [-0.39, 0.29) is 64.8 Å². The Morgan fingerprint density at radius 3 is 2.37 bits per heavy atom. The van der Waals surface area contributed by atoms with Crippen LogP contribution >= 0.6 is 0 Å². The number of amides is 3. The topological polar surface area (TPSA) is 164 Å². The zero-order valence-corrected chi connectivity index (χ0v) is 30.8. The van der Waals surface area contributed by atoms with Gasteiger partial charge in [0.05, 0.1) is 36.0 Å². The fourth-order valence-corrected chi connectivity index (χ4v) is 7.32. The number of sulfonamides is 1. The van der Waals surface area contributed by atoms with Crippen LogP contribution in [-0.2, 0) is 20.9 Å². The first-order valence-electron chi connectivity index (χ1n) is 16.9. The Kier molecular flexibility index (Phi) is 13.3. The van der Waals surface area contributed by atoms with Gasteiger partial charge in [0.2, 0.25) is 10.0 Å². The number of urea groups is 1. The maximum absolute atomic E-state index is 14.4. The molecule has 0 aliphatic carbocycles. The van der Waals surface area contributed by atoms with Crippen molar-refractivity contribution in [2.75, 3.05) is 44.0 Å². The number of nitrogens with zero attached hydrogens (tertiary/aromatic N) is 3. The number of rotatable bonds is 8. The third-order valence-electron chi connectivity index (χ3n) is 8.85. The van der Waals surface area contributed by atoms with Crippen LogP contribution in [-0.4, -0.2) is 91.4 Å². The van der Waals surface area contributed by atoms with Gasteiger partial charge in [-0.2, -0.15) is 17.5 Å². The molecule has 0 saturated heterocycles. The van der Waals surface area contributed by atoms with Crippen molar-refractivity contribution in [1.82, 2.24) is 14.4 Å². The number of anilines is 2. The highest BCUT2D eigenvalue weighted by atomic mass is 32.2.